The molecule has 6 nitrogen and oxygen atoms in total. The Balaban J connectivity index is 2.06. The molecule has 3 N–H and O–H groups in total. The van der Waals surface area contributed by atoms with Gasteiger partial charge in [0.15, 0.2) is 0 Å². The molecular formula is C18H22N2O4S. The predicted molar refractivity (Wildman–Crippen MR) is 97.1 cm³/mol. The van der Waals surface area contributed by atoms with Crippen molar-refractivity contribution in [2.75, 3.05) is 11.9 Å². The van der Waals surface area contributed by atoms with Crippen molar-refractivity contribution in [2.24, 2.45) is 0 Å². The van der Waals surface area contributed by atoms with E-state index >= 15 is 0 Å². The lowest BCUT2D eigenvalue weighted by molar-refractivity contribution is 0.102. The van der Waals surface area contributed by atoms with Crippen LogP contribution in [0, 0.1) is 0 Å². The van der Waals surface area contributed by atoms with E-state index in [0.717, 1.165) is 6.42 Å². The number of aryl methyl sites for hydroxylation is 1. The molecule has 0 saturated heterocycles. The highest BCUT2D eigenvalue weighted by atomic mass is 32.2. The van der Waals surface area contributed by atoms with Crippen LogP contribution >= 0.6 is 0 Å². The third-order valence-corrected chi connectivity index (χ3v) is 5.06. The van der Waals surface area contributed by atoms with Crippen molar-refractivity contribution in [3.8, 4) is 0 Å². The molecule has 134 valence electrons. The number of hydrogen-bond donors (Lipinski definition) is 3. The van der Waals surface area contributed by atoms with E-state index < -0.39 is 16.1 Å². The number of aliphatic hydroxyl groups excluding tert-OH is 1. The van der Waals surface area contributed by atoms with Crippen LogP contribution in [0.1, 0.15) is 29.8 Å². The minimum Gasteiger partial charge on any atom is -0.392 e. The second-order valence-corrected chi connectivity index (χ2v) is 7.50. The maximum atomic E-state index is 12.2. The largest absolute Gasteiger partial charge is 0.392 e. The van der Waals surface area contributed by atoms with Crippen LogP contribution in [0.3, 0.4) is 0 Å². The van der Waals surface area contributed by atoms with E-state index in [4.69, 9.17) is 0 Å². The first-order valence-electron chi connectivity index (χ1n) is 8.00. The van der Waals surface area contributed by atoms with Crippen LogP contribution in [-0.4, -0.2) is 32.1 Å². The van der Waals surface area contributed by atoms with Crippen molar-refractivity contribution < 1.29 is 18.3 Å². The van der Waals surface area contributed by atoms with E-state index in [1.807, 2.05) is 24.3 Å². The number of carbonyl (C=O) groups is 1. The fraction of sp³-hybridized carbons (Fsp3) is 0.278. The zero-order chi connectivity index (χ0) is 18.4. The van der Waals surface area contributed by atoms with Crippen molar-refractivity contribution in [1.82, 2.24) is 4.72 Å². The molecule has 0 saturated carbocycles. The first-order valence-corrected chi connectivity index (χ1v) is 9.48. The summed E-state index contributed by atoms with van der Waals surface area (Å²) >= 11 is 0. The number of amides is 1. The average Bonchev–Trinajstić information content (AvgIpc) is 2.61. The molecule has 0 aromatic heterocycles. The SMILES string of the molecule is CCc1ccc(NC(=O)c2ccc(S(=O)(=O)NC[C@H](C)O)cc2)cc1. The Hall–Kier alpha value is -2.22. The summed E-state index contributed by atoms with van der Waals surface area (Å²) in [5.41, 5.74) is 2.21. The zero-order valence-corrected chi connectivity index (χ0v) is 15.0. The summed E-state index contributed by atoms with van der Waals surface area (Å²) in [7, 11) is -3.71. The first-order chi connectivity index (χ1) is 11.8. The molecule has 1 atom stereocenters. The fourth-order valence-corrected chi connectivity index (χ4v) is 3.25. The van der Waals surface area contributed by atoms with E-state index in [-0.39, 0.29) is 17.3 Å². The van der Waals surface area contributed by atoms with Crippen LogP contribution in [0.2, 0.25) is 0 Å². The van der Waals surface area contributed by atoms with Gasteiger partial charge in [0.25, 0.3) is 5.91 Å². The number of rotatable bonds is 7. The van der Waals surface area contributed by atoms with Gasteiger partial charge < -0.3 is 10.4 Å². The topological polar surface area (TPSA) is 95.5 Å². The van der Waals surface area contributed by atoms with Gasteiger partial charge in [0, 0.05) is 17.8 Å². The van der Waals surface area contributed by atoms with Crippen molar-refractivity contribution in [3.63, 3.8) is 0 Å². The second kappa shape index (κ2) is 8.24. The first kappa shape index (κ1) is 19.1. The van der Waals surface area contributed by atoms with E-state index in [2.05, 4.69) is 17.0 Å². The summed E-state index contributed by atoms with van der Waals surface area (Å²) in [4.78, 5) is 12.3. The molecule has 0 heterocycles. The summed E-state index contributed by atoms with van der Waals surface area (Å²) in [6.45, 7) is 3.47. The predicted octanol–water partition coefficient (Wildman–Crippen LogP) is 2.16. The normalized spacial score (nSPS) is 12.6. The van der Waals surface area contributed by atoms with E-state index in [1.54, 1.807) is 0 Å². The quantitative estimate of drug-likeness (QED) is 0.703. The van der Waals surface area contributed by atoms with Gasteiger partial charge >= 0.3 is 0 Å². The Labute approximate surface area is 147 Å². The lowest BCUT2D eigenvalue weighted by atomic mass is 10.1. The van der Waals surface area contributed by atoms with Crippen LogP contribution < -0.4 is 10.0 Å². The van der Waals surface area contributed by atoms with Gasteiger partial charge in [-0.1, -0.05) is 19.1 Å². The van der Waals surface area contributed by atoms with Crippen molar-refractivity contribution in [1.29, 1.82) is 0 Å². The molecule has 0 radical (unpaired) electrons. The minimum absolute atomic E-state index is 0.0389. The summed E-state index contributed by atoms with van der Waals surface area (Å²) in [6, 6.07) is 13.2. The minimum atomic E-state index is -3.71. The molecular weight excluding hydrogens is 340 g/mol. The van der Waals surface area contributed by atoms with Gasteiger partial charge in [-0.2, -0.15) is 0 Å². The van der Waals surface area contributed by atoms with Crippen LogP contribution in [0.25, 0.3) is 0 Å². The molecule has 2 aromatic carbocycles. The van der Waals surface area contributed by atoms with Gasteiger partial charge in [0.1, 0.15) is 0 Å². The molecule has 7 heteroatoms. The Bertz CT molecular complexity index is 813. The third-order valence-electron chi connectivity index (χ3n) is 3.62. The summed E-state index contributed by atoms with van der Waals surface area (Å²) < 4.78 is 26.4. The molecule has 0 aliphatic carbocycles. The lowest BCUT2D eigenvalue weighted by Gasteiger charge is -2.09. The highest BCUT2D eigenvalue weighted by molar-refractivity contribution is 7.89. The zero-order valence-electron chi connectivity index (χ0n) is 14.2. The molecule has 0 fully saturated rings. The molecule has 2 rings (SSSR count). The average molecular weight is 362 g/mol. The number of hydrogen-bond acceptors (Lipinski definition) is 4. The molecule has 2 aromatic rings. The number of benzene rings is 2. The Kier molecular flexibility index (Phi) is 6.30. The second-order valence-electron chi connectivity index (χ2n) is 5.73. The number of sulfonamides is 1. The maximum absolute atomic E-state index is 12.2. The van der Waals surface area contributed by atoms with Crippen molar-refractivity contribution in [3.05, 3.63) is 59.7 Å². The number of anilines is 1. The van der Waals surface area contributed by atoms with Crippen LogP contribution in [-0.2, 0) is 16.4 Å². The highest BCUT2D eigenvalue weighted by Gasteiger charge is 2.15. The molecule has 1 amide bonds. The molecule has 0 aliphatic rings. The molecule has 0 aliphatic heterocycles. The van der Waals surface area contributed by atoms with E-state index in [0.29, 0.717) is 11.3 Å². The van der Waals surface area contributed by atoms with Gasteiger partial charge in [0.2, 0.25) is 10.0 Å². The maximum Gasteiger partial charge on any atom is 0.255 e. The van der Waals surface area contributed by atoms with E-state index in [9.17, 15) is 18.3 Å². The number of nitrogens with one attached hydrogen (secondary N) is 2. The Morgan fingerprint density at radius 2 is 1.68 bits per heavy atom. The third kappa shape index (κ3) is 5.38. The number of carbonyl (C=O) groups excluding carboxylic acids is 1. The lowest BCUT2D eigenvalue weighted by Crippen LogP contribution is -2.30. The molecule has 25 heavy (non-hydrogen) atoms. The Morgan fingerprint density at radius 1 is 1.08 bits per heavy atom. The Morgan fingerprint density at radius 3 is 2.20 bits per heavy atom. The van der Waals surface area contributed by atoms with Crippen LogP contribution in [0.4, 0.5) is 5.69 Å². The highest BCUT2D eigenvalue weighted by Crippen LogP contribution is 2.14. The standard InChI is InChI=1S/C18H22N2O4S/c1-3-14-4-8-16(9-5-14)20-18(22)15-6-10-17(11-7-15)25(23,24)19-12-13(2)21/h4-11,13,19,21H,3,12H2,1-2H3,(H,20,22)/t13-/m0/s1. The van der Waals surface area contributed by atoms with Crippen molar-refractivity contribution >= 4 is 21.6 Å². The monoisotopic (exact) mass is 362 g/mol. The summed E-state index contributed by atoms with van der Waals surface area (Å²) in [5, 5.41) is 11.9. The van der Waals surface area contributed by atoms with Gasteiger partial charge in [-0.25, -0.2) is 13.1 Å². The van der Waals surface area contributed by atoms with Crippen LogP contribution in [0.5, 0.6) is 0 Å². The van der Waals surface area contributed by atoms with E-state index in [1.165, 1.54) is 36.8 Å². The molecule has 0 unspecified atom stereocenters. The summed E-state index contributed by atoms with van der Waals surface area (Å²) in [6.07, 6.45) is 0.145. The van der Waals surface area contributed by atoms with Gasteiger partial charge in [-0.05, 0) is 55.3 Å². The van der Waals surface area contributed by atoms with Gasteiger partial charge in [-0.15, -0.1) is 0 Å². The van der Waals surface area contributed by atoms with Crippen molar-refractivity contribution in [2.45, 2.75) is 31.3 Å². The smallest absolute Gasteiger partial charge is 0.255 e. The molecule has 0 bridgehead atoms. The van der Waals surface area contributed by atoms with Crippen LogP contribution in [0.15, 0.2) is 53.4 Å². The van der Waals surface area contributed by atoms with Gasteiger partial charge in [0.05, 0.1) is 11.0 Å². The fourth-order valence-electron chi connectivity index (χ4n) is 2.13. The number of aliphatic hydroxyl groups is 1. The molecule has 0 spiro atoms. The summed E-state index contributed by atoms with van der Waals surface area (Å²) in [5.74, 6) is -0.315. The van der Waals surface area contributed by atoms with Gasteiger partial charge in [-0.3, -0.25) is 4.79 Å².